The van der Waals surface area contributed by atoms with Crippen LogP contribution >= 0.6 is 0 Å². The smallest absolute Gasteiger partial charge is 0.343 e. The van der Waals surface area contributed by atoms with Gasteiger partial charge in [-0.2, -0.15) is 4.98 Å². The highest BCUT2D eigenvalue weighted by atomic mass is 19.1. The second-order valence-electron chi connectivity index (χ2n) is 5.58. The second kappa shape index (κ2) is 5.96. The van der Waals surface area contributed by atoms with Crippen LogP contribution < -0.4 is 5.69 Å². The van der Waals surface area contributed by atoms with Crippen molar-refractivity contribution in [2.45, 2.75) is 19.6 Å². The SMILES string of the molecule is O=C1c2nn(Cc3ncon3)c(=O)n2CCN1Cc1ccccc1F. The van der Waals surface area contributed by atoms with Gasteiger partial charge in [-0.3, -0.25) is 9.36 Å². The van der Waals surface area contributed by atoms with Crippen molar-refractivity contribution in [2.24, 2.45) is 0 Å². The first-order valence-corrected chi connectivity index (χ1v) is 7.59. The minimum absolute atomic E-state index is 0.00985. The molecule has 9 nitrogen and oxygen atoms in total. The standard InChI is InChI=1S/C15H13FN6O3/c16-11-4-2-1-3-10(11)7-20-5-6-21-13(14(20)23)18-22(15(21)24)8-12-17-9-25-19-12/h1-4,9H,5-8H2. The van der Waals surface area contributed by atoms with Gasteiger partial charge in [0.1, 0.15) is 12.4 Å². The summed E-state index contributed by atoms with van der Waals surface area (Å²) in [4.78, 5) is 30.3. The minimum atomic E-state index is -0.418. The molecule has 0 spiro atoms. The van der Waals surface area contributed by atoms with E-state index in [1.807, 2.05) is 0 Å². The largest absolute Gasteiger partial charge is 0.346 e. The Balaban J connectivity index is 1.60. The van der Waals surface area contributed by atoms with E-state index in [4.69, 9.17) is 0 Å². The van der Waals surface area contributed by atoms with Crippen LogP contribution in [0.2, 0.25) is 0 Å². The number of hydrogen-bond donors (Lipinski definition) is 0. The first-order chi connectivity index (χ1) is 12.1. The predicted octanol–water partition coefficient (Wildman–Crippen LogP) is 0.271. The molecule has 2 aromatic heterocycles. The summed E-state index contributed by atoms with van der Waals surface area (Å²) in [6, 6.07) is 6.27. The minimum Gasteiger partial charge on any atom is -0.343 e. The number of carbonyl (C=O) groups is 1. The van der Waals surface area contributed by atoms with Crippen LogP contribution in [0.1, 0.15) is 22.0 Å². The lowest BCUT2D eigenvalue weighted by atomic mass is 10.2. The fourth-order valence-corrected chi connectivity index (χ4v) is 2.75. The van der Waals surface area contributed by atoms with Gasteiger partial charge in [-0.25, -0.2) is 13.9 Å². The van der Waals surface area contributed by atoms with E-state index in [1.54, 1.807) is 18.2 Å². The first kappa shape index (κ1) is 15.2. The Bertz CT molecular complexity index is 978. The van der Waals surface area contributed by atoms with Crippen molar-refractivity contribution in [3.05, 3.63) is 64.2 Å². The van der Waals surface area contributed by atoms with Crippen LogP contribution in [0.25, 0.3) is 0 Å². The van der Waals surface area contributed by atoms with E-state index < -0.39 is 11.6 Å². The Morgan fingerprint density at radius 3 is 2.76 bits per heavy atom. The Morgan fingerprint density at radius 2 is 2.00 bits per heavy atom. The van der Waals surface area contributed by atoms with E-state index in [0.717, 1.165) is 11.1 Å². The van der Waals surface area contributed by atoms with Gasteiger partial charge in [0, 0.05) is 25.2 Å². The molecule has 3 aromatic rings. The lowest BCUT2D eigenvalue weighted by Gasteiger charge is -2.26. The molecule has 0 radical (unpaired) electrons. The molecule has 1 aliphatic rings. The van der Waals surface area contributed by atoms with Gasteiger partial charge in [-0.15, -0.1) is 5.10 Å². The number of fused-ring (bicyclic) bond motifs is 1. The zero-order chi connectivity index (χ0) is 17.4. The average Bonchev–Trinajstić information content (AvgIpc) is 3.22. The molecule has 0 saturated heterocycles. The van der Waals surface area contributed by atoms with E-state index >= 15 is 0 Å². The molecule has 0 unspecified atom stereocenters. The van der Waals surface area contributed by atoms with Gasteiger partial charge < -0.3 is 9.42 Å². The molecule has 0 N–H and O–H groups in total. The van der Waals surface area contributed by atoms with E-state index in [9.17, 15) is 14.0 Å². The van der Waals surface area contributed by atoms with Crippen molar-refractivity contribution in [3.63, 3.8) is 0 Å². The summed E-state index contributed by atoms with van der Waals surface area (Å²) in [5.41, 5.74) is -0.00318. The van der Waals surface area contributed by atoms with Gasteiger partial charge in [0.25, 0.3) is 5.91 Å². The molecule has 1 aromatic carbocycles. The van der Waals surface area contributed by atoms with E-state index in [1.165, 1.54) is 15.5 Å². The quantitative estimate of drug-likeness (QED) is 0.674. The number of aromatic nitrogens is 5. The average molecular weight is 344 g/mol. The molecule has 0 fully saturated rings. The maximum absolute atomic E-state index is 13.8. The van der Waals surface area contributed by atoms with E-state index in [-0.39, 0.29) is 30.6 Å². The van der Waals surface area contributed by atoms with Crippen LogP contribution in [0.15, 0.2) is 40.0 Å². The van der Waals surface area contributed by atoms with Gasteiger partial charge in [0.2, 0.25) is 12.2 Å². The molecule has 10 heteroatoms. The molecule has 1 aliphatic heterocycles. The second-order valence-corrected chi connectivity index (χ2v) is 5.58. The maximum Gasteiger partial charge on any atom is 0.346 e. The van der Waals surface area contributed by atoms with Crippen LogP contribution in [0.5, 0.6) is 0 Å². The third kappa shape index (κ3) is 2.71. The zero-order valence-corrected chi connectivity index (χ0v) is 13.0. The van der Waals surface area contributed by atoms with E-state index in [0.29, 0.717) is 18.7 Å². The lowest BCUT2D eigenvalue weighted by molar-refractivity contribution is 0.0679. The molecule has 25 heavy (non-hydrogen) atoms. The number of nitrogens with zero attached hydrogens (tertiary/aromatic N) is 6. The van der Waals surface area contributed by atoms with Crippen LogP contribution in [-0.4, -0.2) is 41.8 Å². The summed E-state index contributed by atoms with van der Waals surface area (Å²) >= 11 is 0. The number of amides is 1. The molecule has 0 atom stereocenters. The Hall–Kier alpha value is -3.30. The lowest BCUT2D eigenvalue weighted by Crippen LogP contribution is -2.42. The van der Waals surface area contributed by atoms with Crippen molar-refractivity contribution in [3.8, 4) is 0 Å². The van der Waals surface area contributed by atoms with Crippen molar-refractivity contribution in [1.29, 1.82) is 0 Å². The zero-order valence-electron chi connectivity index (χ0n) is 13.0. The van der Waals surface area contributed by atoms with Gasteiger partial charge in [-0.1, -0.05) is 23.4 Å². The summed E-state index contributed by atoms with van der Waals surface area (Å²) in [7, 11) is 0. The van der Waals surface area contributed by atoms with E-state index in [2.05, 4.69) is 19.8 Å². The molecular formula is C15H13FN6O3. The van der Waals surface area contributed by atoms with Gasteiger partial charge in [-0.05, 0) is 6.07 Å². The first-order valence-electron chi connectivity index (χ1n) is 7.59. The maximum atomic E-state index is 13.8. The Labute approximate surface area is 140 Å². The fourth-order valence-electron chi connectivity index (χ4n) is 2.75. The molecule has 4 rings (SSSR count). The molecule has 1 amide bonds. The van der Waals surface area contributed by atoms with Gasteiger partial charge in [0.05, 0.1) is 0 Å². The number of hydrogen-bond acceptors (Lipinski definition) is 6. The van der Waals surface area contributed by atoms with Crippen LogP contribution in [0.4, 0.5) is 4.39 Å². The summed E-state index contributed by atoms with van der Waals surface area (Å²) in [6.45, 7) is 0.724. The Morgan fingerprint density at radius 1 is 1.16 bits per heavy atom. The normalized spacial score (nSPS) is 14.0. The molecular weight excluding hydrogens is 331 g/mol. The monoisotopic (exact) mass is 344 g/mol. The van der Waals surface area contributed by atoms with Gasteiger partial charge >= 0.3 is 5.69 Å². The summed E-state index contributed by atoms with van der Waals surface area (Å²) < 4.78 is 20.9. The molecule has 0 saturated carbocycles. The number of rotatable bonds is 4. The highest BCUT2D eigenvalue weighted by Crippen LogP contribution is 2.15. The highest BCUT2D eigenvalue weighted by molar-refractivity contribution is 5.91. The number of carbonyl (C=O) groups excluding carboxylic acids is 1. The highest BCUT2D eigenvalue weighted by Gasteiger charge is 2.30. The third-order valence-electron chi connectivity index (χ3n) is 4.01. The molecule has 0 aliphatic carbocycles. The summed E-state index contributed by atoms with van der Waals surface area (Å²) in [5.74, 6) is -0.483. The summed E-state index contributed by atoms with van der Waals surface area (Å²) in [6.07, 6.45) is 1.15. The molecule has 3 heterocycles. The number of halogens is 1. The molecule has 0 bridgehead atoms. The predicted molar refractivity (Wildman–Crippen MR) is 81.0 cm³/mol. The van der Waals surface area contributed by atoms with Crippen LogP contribution in [-0.2, 0) is 19.6 Å². The van der Waals surface area contributed by atoms with Crippen molar-refractivity contribution < 1.29 is 13.7 Å². The van der Waals surface area contributed by atoms with Crippen molar-refractivity contribution in [1.82, 2.24) is 29.4 Å². The molecule has 128 valence electrons. The van der Waals surface area contributed by atoms with Crippen molar-refractivity contribution in [2.75, 3.05) is 6.54 Å². The topological polar surface area (TPSA) is 99.0 Å². The van der Waals surface area contributed by atoms with Gasteiger partial charge in [0.15, 0.2) is 5.82 Å². The third-order valence-corrected chi connectivity index (χ3v) is 4.01. The Kier molecular flexibility index (Phi) is 3.64. The van der Waals surface area contributed by atoms with Crippen LogP contribution in [0.3, 0.4) is 0 Å². The number of benzene rings is 1. The summed E-state index contributed by atoms with van der Waals surface area (Å²) in [5, 5.41) is 7.71. The fraction of sp³-hybridized carbons (Fsp3) is 0.267. The van der Waals surface area contributed by atoms with Crippen molar-refractivity contribution >= 4 is 5.91 Å². The van der Waals surface area contributed by atoms with Crippen LogP contribution in [0, 0.1) is 5.82 Å².